The van der Waals surface area contributed by atoms with Crippen LogP contribution in [-0.2, 0) is 11.3 Å². The van der Waals surface area contributed by atoms with Crippen molar-refractivity contribution in [3.05, 3.63) is 18.0 Å². The van der Waals surface area contributed by atoms with Crippen LogP contribution in [0.3, 0.4) is 0 Å². The summed E-state index contributed by atoms with van der Waals surface area (Å²) >= 11 is 0. The van der Waals surface area contributed by atoms with Crippen LogP contribution in [0.4, 0.5) is 0 Å². The van der Waals surface area contributed by atoms with Gasteiger partial charge in [0.2, 0.25) is 0 Å². The molecule has 2 rings (SSSR count). The monoisotopic (exact) mass is 321 g/mol. The van der Waals surface area contributed by atoms with Crippen molar-refractivity contribution in [1.82, 2.24) is 20.4 Å². The van der Waals surface area contributed by atoms with Gasteiger partial charge in [0.25, 0.3) is 0 Å². The van der Waals surface area contributed by atoms with Gasteiger partial charge in [-0.1, -0.05) is 25.7 Å². The molecule has 130 valence electrons. The molecule has 0 aromatic carbocycles. The van der Waals surface area contributed by atoms with Gasteiger partial charge in [-0.2, -0.15) is 5.10 Å². The highest BCUT2D eigenvalue weighted by molar-refractivity contribution is 5.79. The van der Waals surface area contributed by atoms with Crippen molar-refractivity contribution >= 4 is 5.96 Å². The molecule has 0 spiro atoms. The molecule has 0 unspecified atom stereocenters. The van der Waals surface area contributed by atoms with E-state index in [1.54, 1.807) is 7.05 Å². The van der Waals surface area contributed by atoms with Gasteiger partial charge in [0, 0.05) is 26.3 Å². The highest BCUT2D eigenvalue weighted by Crippen LogP contribution is 2.19. The van der Waals surface area contributed by atoms with E-state index in [1.165, 1.54) is 44.1 Å². The predicted molar refractivity (Wildman–Crippen MR) is 93.8 cm³/mol. The second kappa shape index (κ2) is 10.3. The van der Waals surface area contributed by atoms with Gasteiger partial charge >= 0.3 is 0 Å². The zero-order valence-corrected chi connectivity index (χ0v) is 14.6. The first-order valence-corrected chi connectivity index (χ1v) is 8.83. The van der Waals surface area contributed by atoms with Gasteiger partial charge in [-0.05, 0) is 25.3 Å². The lowest BCUT2D eigenvalue weighted by atomic mass is 10.1. The zero-order valence-electron chi connectivity index (χ0n) is 14.6. The van der Waals surface area contributed by atoms with Crippen molar-refractivity contribution in [2.75, 3.05) is 26.7 Å². The quantitative estimate of drug-likeness (QED) is 0.349. The molecule has 1 aromatic heterocycles. The maximum Gasteiger partial charge on any atom is 0.191 e. The van der Waals surface area contributed by atoms with E-state index >= 15 is 0 Å². The molecule has 2 N–H and O–H groups in total. The third-order valence-electron chi connectivity index (χ3n) is 4.17. The summed E-state index contributed by atoms with van der Waals surface area (Å²) in [4.78, 5) is 4.23. The van der Waals surface area contributed by atoms with Crippen LogP contribution in [0.15, 0.2) is 17.4 Å². The van der Waals surface area contributed by atoms with Crippen LogP contribution in [0, 0.1) is 6.92 Å². The van der Waals surface area contributed by atoms with E-state index in [0.717, 1.165) is 32.2 Å². The molecule has 0 radical (unpaired) electrons. The number of aliphatic imine (C=N–C) groups is 1. The Kier molecular flexibility index (Phi) is 7.93. The van der Waals surface area contributed by atoms with Crippen LogP contribution < -0.4 is 10.6 Å². The molecule has 0 aliphatic heterocycles. The fourth-order valence-corrected chi connectivity index (χ4v) is 2.90. The van der Waals surface area contributed by atoms with Gasteiger partial charge < -0.3 is 15.4 Å². The third-order valence-corrected chi connectivity index (χ3v) is 4.17. The van der Waals surface area contributed by atoms with Crippen LogP contribution in [0.1, 0.15) is 44.1 Å². The summed E-state index contributed by atoms with van der Waals surface area (Å²) in [5.41, 5.74) is 1.18. The topological polar surface area (TPSA) is 63.5 Å². The van der Waals surface area contributed by atoms with Crippen LogP contribution in [-0.4, -0.2) is 48.6 Å². The SMILES string of the molecule is CN=C(NCCOC1CCCCCC1)NCCn1cc(C)cn1. The number of guanidine groups is 1. The Bertz CT molecular complexity index is 463. The van der Waals surface area contributed by atoms with E-state index in [4.69, 9.17) is 4.74 Å². The van der Waals surface area contributed by atoms with Gasteiger partial charge in [0.1, 0.15) is 0 Å². The molecule has 0 bridgehead atoms. The maximum absolute atomic E-state index is 5.97. The molecule has 1 aliphatic carbocycles. The summed E-state index contributed by atoms with van der Waals surface area (Å²) in [5.74, 6) is 0.818. The van der Waals surface area contributed by atoms with Crippen molar-refractivity contribution in [1.29, 1.82) is 0 Å². The minimum absolute atomic E-state index is 0.456. The molecule has 1 aromatic rings. The number of nitrogens with zero attached hydrogens (tertiary/aromatic N) is 3. The average Bonchev–Trinajstić information content (AvgIpc) is 2.81. The first-order chi connectivity index (χ1) is 11.3. The fourth-order valence-electron chi connectivity index (χ4n) is 2.90. The Balaban J connectivity index is 1.55. The second-order valence-electron chi connectivity index (χ2n) is 6.19. The van der Waals surface area contributed by atoms with Gasteiger partial charge in [0.05, 0.1) is 25.5 Å². The minimum atomic E-state index is 0.456. The van der Waals surface area contributed by atoms with Crippen LogP contribution >= 0.6 is 0 Å². The molecule has 1 aliphatic rings. The predicted octanol–water partition coefficient (Wildman–Crippen LogP) is 2.10. The molecule has 0 saturated heterocycles. The molecule has 0 atom stereocenters. The lowest BCUT2D eigenvalue weighted by Gasteiger charge is -2.16. The van der Waals surface area contributed by atoms with Gasteiger partial charge in [-0.25, -0.2) is 0 Å². The summed E-state index contributed by atoms with van der Waals surface area (Å²) < 4.78 is 7.91. The van der Waals surface area contributed by atoms with Crippen molar-refractivity contribution in [2.24, 2.45) is 4.99 Å². The molecular weight excluding hydrogens is 290 g/mol. The number of aryl methyl sites for hydroxylation is 1. The molecular formula is C17H31N5O. The number of hydrogen-bond acceptors (Lipinski definition) is 3. The average molecular weight is 321 g/mol. The molecule has 6 nitrogen and oxygen atoms in total. The van der Waals surface area contributed by atoms with Gasteiger partial charge in [0.15, 0.2) is 5.96 Å². The third kappa shape index (κ3) is 7.03. The number of hydrogen-bond donors (Lipinski definition) is 2. The maximum atomic E-state index is 5.97. The zero-order chi connectivity index (χ0) is 16.3. The Morgan fingerprint density at radius 2 is 2.00 bits per heavy atom. The largest absolute Gasteiger partial charge is 0.376 e. The van der Waals surface area contributed by atoms with E-state index in [1.807, 2.05) is 24.0 Å². The highest BCUT2D eigenvalue weighted by Gasteiger charge is 2.12. The molecule has 23 heavy (non-hydrogen) atoms. The van der Waals surface area contributed by atoms with Crippen molar-refractivity contribution in [3.63, 3.8) is 0 Å². The molecule has 6 heteroatoms. The van der Waals surface area contributed by atoms with E-state index < -0.39 is 0 Å². The number of rotatable bonds is 7. The fraction of sp³-hybridized carbons (Fsp3) is 0.765. The van der Waals surface area contributed by atoms with E-state index in [9.17, 15) is 0 Å². The summed E-state index contributed by atoms with van der Waals surface area (Å²) in [7, 11) is 1.79. The van der Waals surface area contributed by atoms with E-state index in [-0.39, 0.29) is 0 Å². The minimum Gasteiger partial charge on any atom is -0.376 e. The summed E-state index contributed by atoms with van der Waals surface area (Å²) in [6.45, 7) is 5.20. The van der Waals surface area contributed by atoms with Crippen molar-refractivity contribution in [2.45, 2.75) is 58.1 Å². The molecule has 1 saturated carbocycles. The standard InChI is InChI=1S/C17H31N5O/c1-15-13-21-22(14-15)11-9-19-17(18-2)20-10-12-23-16-7-5-3-4-6-8-16/h13-14,16H,3-12H2,1-2H3,(H2,18,19,20). The van der Waals surface area contributed by atoms with Crippen LogP contribution in [0.2, 0.25) is 0 Å². The highest BCUT2D eigenvalue weighted by atomic mass is 16.5. The van der Waals surface area contributed by atoms with E-state index in [2.05, 4.69) is 20.7 Å². The summed E-state index contributed by atoms with van der Waals surface area (Å²) in [6, 6.07) is 0. The normalized spacial score (nSPS) is 17.0. The molecule has 0 amide bonds. The first-order valence-electron chi connectivity index (χ1n) is 8.83. The lowest BCUT2D eigenvalue weighted by molar-refractivity contribution is 0.0468. The Hall–Kier alpha value is -1.56. The number of nitrogens with one attached hydrogen (secondary N) is 2. The number of ether oxygens (including phenoxy) is 1. The lowest BCUT2D eigenvalue weighted by Crippen LogP contribution is -2.40. The molecule has 1 heterocycles. The Morgan fingerprint density at radius 3 is 2.65 bits per heavy atom. The van der Waals surface area contributed by atoms with Crippen LogP contribution in [0.5, 0.6) is 0 Å². The van der Waals surface area contributed by atoms with Gasteiger partial charge in [-0.3, -0.25) is 9.67 Å². The Morgan fingerprint density at radius 1 is 1.26 bits per heavy atom. The van der Waals surface area contributed by atoms with Crippen LogP contribution in [0.25, 0.3) is 0 Å². The van der Waals surface area contributed by atoms with E-state index in [0.29, 0.717) is 6.10 Å². The summed E-state index contributed by atoms with van der Waals surface area (Å²) in [5, 5.41) is 10.9. The number of aromatic nitrogens is 2. The first kappa shape index (κ1) is 17.8. The summed E-state index contributed by atoms with van der Waals surface area (Å²) in [6.07, 6.45) is 12.2. The smallest absolute Gasteiger partial charge is 0.191 e. The van der Waals surface area contributed by atoms with Crippen molar-refractivity contribution < 1.29 is 4.74 Å². The van der Waals surface area contributed by atoms with Gasteiger partial charge in [-0.15, -0.1) is 0 Å². The second-order valence-corrected chi connectivity index (χ2v) is 6.19. The molecule has 1 fully saturated rings. The Labute approximate surface area is 139 Å². The van der Waals surface area contributed by atoms with Crippen molar-refractivity contribution in [3.8, 4) is 0 Å².